The average molecular weight is 336 g/mol. The summed E-state index contributed by atoms with van der Waals surface area (Å²) >= 11 is 6.06. The zero-order valence-corrected chi connectivity index (χ0v) is 13.4. The Morgan fingerprint density at radius 1 is 1.18 bits per heavy atom. The van der Waals surface area contributed by atoms with Crippen molar-refractivity contribution >= 4 is 27.2 Å². The maximum atomic E-state index is 12.4. The van der Waals surface area contributed by atoms with Crippen LogP contribution in [0.5, 0.6) is 5.75 Å². The highest BCUT2D eigenvalue weighted by Gasteiger charge is 2.32. The number of nitrogens with one attached hydrogen (secondary N) is 1. The topological polar surface area (TPSA) is 55.4 Å². The van der Waals surface area contributed by atoms with E-state index in [1.807, 2.05) is 6.92 Å². The second-order valence-electron chi connectivity index (χ2n) is 5.07. The Hall–Kier alpha value is -1.82. The van der Waals surface area contributed by atoms with Gasteiger partial charge < -0.3 is 4.74 Å². The molecule has 0 radical (unpaired) electrons. The molecule has 0 bridgehead atoms. The van der Waals surface area contributed by atoms with Crippen LogP contribution in [0.15, 0.2) is 53.9 Å². The molecule has 0 saturated carbocycles. The molecule has 1 aliphatic heterocycles. The van der Waals surface area contributed by atoms with Gasteiger partial charge in [0.15, 0.2) is 6.23 Å². The molecule has 0 fully saturated rings. The van der Waals surface area contributed by atoms with E-state index in [0.717, 1.165) is 5.56 Å². The number of aryl methyl sites for hydroxylation is 1. The van der Waals surface area contributed by atoms with Crippen molar-refractivity contribution in [3.63, 3.8) is 0 Å². The first-order chi connectivity index (χ1) is 10.4. The highest BCUT2D eigenvalue weighted by molar-refractivity contribution is 7.89. The fourth-order valence-electron chi connectivity index (χ4n) is 2.23. The van der Waals surface area contributed by atoms with Gasteiger partial charge in [-0.1, -0.05) is 48.0 Å². The number of rotatable bonds is 3. The van der Waals surface area contributed by atoms with Crippen LogP contribution in [-0.2, 0) is 10.0 Å². The standard InChI is InChI=1S/C16H14ClNO3S/c1-10-6-8-12(9-7-10)22(19,20)18-16-11(2)13-4-3-5-14(17)15(13)21-16/h3-9,16,18H,2H2,1H3. The molecule has 22 heavy (non-hydrogen) atoms. The average Bonchev–Trinajstić information content (AvgIpc) is 2.78. The van der Waals surface area contributed by atoms with Crippen molar-refractivity contribution < 1.29 is 13.2 Å². The van der Waals surface area contributed by atoms with Gasteiger partial charge in [0.05, 0.1) is 9.92 Å². The number of halogens is 1. The van der Waals surface area contributed by atoms with E-state index in [2.05, 4.69) is 11.3 Å². The Balaban J connectivity index is 1.87. The summed E-state index contributed by atoms with van der Waals surface area (Å²) < 4.78 is 32.9. The second kappa shape index (κ2) is 5.43. The lowest BCUT2D eigenvalue weighted by Gasteiger charge is -2.14. The van der Waals surface area contributed by atoms with Crippen molar-refractivity contribution in [2.24, 2.45) is 0 Å². The van der Waals surface area contributed by atoms with E-state index in [-0.39, 0.29) is 4.90 Å². The van der Waals surface area contributed by atoms with Crippen molar-refractivity contribution in [2.45, 2.75) is 18.0 Å². The molecular weight excluding hydrogens is 322 g/mol. The first kappa shape index (κ1) is 15.1. The molecule has 3 rings (SSSR count). The van der Waals surface area contributed by atoms with Crippen molar-refractivity contribution in [3.05, 3.63) is 65.2 Å². The van der Waals surface area contributed by atoms with Gasteiger partial charge in [0.25, 0.3) is 0 Å². The molecule has 1 atom stereocenters. The van der Waals surface area contributed by atoms with Crippen molar-refractivity contribution in [2.75, 3.05) is 0 Å². The molecule has 1 heterocycles. The smallest absolute Gasteiger partial charge is 0.243 e. The largest absolute Gasteiger partial charge is 0.468 e. The first-order valence-electron chi connectivity index (χ1n) is 6.62. The molecule has 1 aliphatic rings. The quantitative estimate of drug-likeness (QED) is 0.935. The lowest BCUT2D eigenvalue weighted by molar-refractivity contribution is 0.265. The van der Waals surface area contributed by atoms with E-state index in [4.69, 9.17) is 16.3 Å². The summed E-state index contributed by atoms with van der Waals surface area (Å²) in [6.45, 7) is 5.79. The predicted octanol–water partition coefficient (Wildman–Crippen LogP) is 3.36. The minimum atomic E-state index is -3.70. The third kappa shape index (κ3) is 2.63. The summed E-state index contributed by atoms with van der Waals surface area (Å²) in [6.07, 6.45) is -0.860. The van der Waals surface area contributed by atoms with Crippen LogP contribution in [0.25, 0.3) is 5.57 Å². The molecule has 0 aliphatic carbocycles. The van der Waals surface area contributed by atoms with Gasteiger partial charge in [-0.15, -0.1) is 0 Å². The van der Waals surface area contributed by atoms with Crippen LogP contribution in [-0.4, -0.2) is 14.6 Å². The van der Waals surface area contributed by atoms with Crippen molar-refractivity contribution in [1.82, 2.24) is 4.72 Å². The van der Waals surface area contributed by atoms with E-state index in [9.17, 15) is 8.42 Å². The number of fused-ring (bicyclic) bond motifs is 1. The van der Waals surface area contributed by atoms with E-state index >= 15 is 0 Å². The van der Waals surface area contributed by atoms with Crippen molar-refractivity contribution in [3.8, 4) is 5.75 Å². The molecule has 114 valence electrons. The minimum Gasteiger partial charge on any atom is -0.468 e. The summed E-state index contributed by atoms with van der Waals surface area (Å²) in [6, 6.07) is 11.8. The van der Waals surface area contributed by atoms with Gasteiger partial charge in [0.1, 0.15) is 5.75 Å². The first-order valence-corrected chi connectivity index (χ1v) is 8.48. The highest BCUT2D eigenvalue weighted by atomic mass is 35.5. The summed E-state index contributed by atoms with van der Waals surface area (Å²) in [5, 5.41) is 0.427. The van der Waals surface area contributed by atoms with Crippen LogP contribution < -0.4 is 9.46 Å². The fourth-order valence-corrected chi connectivity index (χ4v) is 3.56. The van der Waals surface area contributed by atoms with Crippen LogP contribution in [0, 0.1) is 6.92 Å². The number of benzene rings is 2. The van der Waals surface area contributed by atoms with E-state index < -0.39 is 16.3 Å². The Morgan fingerprint density at radius 3 is 2.50 bits per heavy atom. The molecule has 1 N–H and O–H groups in total. The van der Waals surface area contributed by atoms with E-state index in [1.165, 1.54) is 0 Å². The molecule has 4 nitrogen and oxygen atoms in total. The minimum absolute atomic E-state index is 0.177. The molecule has 0 amide bonds. The van der Waals surface area contributed by atoms with Gasteiger partial charge in [-0.2, -0.15) is 4.72 Å². The molecule has 0 spiro atoms. The Morgan fingerprint density at radius 2 is 1.86 bits per heavy atom. The normalized spacial score (nSPS) is 17.2. The monoisotopic (exact) mass is 335 g/mol. The number of ether oxygens (including phenoxy) is 1. The summed E-state index contributed by atoms with van der Waals surface area (Å²) in [4.78, 5) is 0.177. The maximum Gasteiger partial charge on any atom is 0.243 e. The predicted molar refractivity (Wildman–Crippen MR) is 86.4 cm³/mol. The van der Waals surface area contributed by atoms with Gasteiger partial charge in [0, 0.05) is 11.1 Å². The summed E-state index contributed by atoms with van der Waals surface area (Å²) in [5.74, 6) is 0.450. The number of hydrogen-bond donors (Lipinski definition) is 1. The van der Waals surface area contributed by atoms with E-state index in [0.29, 0.717) is 21.9 Å². The second-order valence-corrected chi connectivity index (χ2v) is 7.20. The summed E-state index contributed by atoms with van der Waals surface area (Å²) in [7, 11) is -3.70. The fraction of sp³-hybridized carbons (Fsp3) is 0.125. The van der Waals surface area contributed by atoms with Gasteiger partial charge in [-0.25, -0.2) is 8.42 Å². The van der Waals surface area contributed by atoms with Gasteiger partial charge in [-0.3, -0.25) is 0 Å². The zero-order valence-electron chi connectivity index (χ0n) is 11.8. The van der Waals surface area contributed by atoms with Crippen molar-refractivity contribution in [1.29, 1.82) is 0 Å². The van der Waals surface area contributed by atoms with Gasteiger partial charge >= 0.3 is 0 Å². The maximum absolute atomic E-state index is 12.4. The number of hydrogen-bond acceptors (Lipinski definition) is 3. The Bertz CT molecular complexity index is 844. The Labute approximate surface area is 134 Å². The molecule has 0 saturated heterocycles. The van der Waals surface area contributed by atoms with E-state index in [1.54, 1.807) is 42.5 Å². The zero-order chi connectivity index (χ0) is 15.9. The molecule has 2 aromatic rings. The van der Waals surface area contributed by atoms with Gasteiger partial charge in [-0.05, 0) is 25.1 Å². The third-order valence-electron chi connectivity index (χ3n) is 3.46. The molecule has 0 aromatic heterocycles. The Kier molecular flexibility index (Phi) is 3.72. The third-order valence-corrected chi connectivity index (χ3v) is 5.17. The summed E-state index contributed by atoms with van der Waals surface area (Å²) in [5.41, 5.74) is 2.23. The lowest BCUT2D eigenvalue weighted by atomic mass is 10.1. The molecule has 6 heteroatoms. The molecule has 2 aromatic carbocycles. The number of para-hydroxylation sites is 1. The van der Waals surface area contributed by atoms with Crippen LogP contribution in [0.2, 0.25) is 5.02 Å². The van der Waals surface area contributed by atoms with Gasteiger partial charge in [0.2, 0.25) is 10.0 Å². The van der Waals surface area contributed by atoms with Crippen LogP contribution in [0.3, 0.4) is 0 Å². The highest BCUT2D eigenvalue weighted by Crippen LogP contribution is 2.40. The SMILES string of the molecule is C=C1c2cccc(Cl)c2OC1NS(=O)(=O)c1ccc(C)cc1. The lowest BCUT2D eigenvalue weighted by Crippen LogP contribution is -2.37. The molecular formula is C16H14ClNO3S. The number of sulfonamides is 1. The van der Waals surface area contributed by atoms with Crippen LogP contribution in [0.1, 0.15) is 11.1 Å². The molecule has 1 unspecified atom stereocenters. The van der Waals surface area contributed by atoms with Crippen LogP contribution in [0.4, 0.5) is 0 Å². The van der Waals surface area contributed by atoms with Crippen LogP contribution >= 0.6 is 11.6 Å².